The van der Waals surface area contributed by atoms with Crippen LogP contribution in [0.25, 0.3) is 0 Å². The van der Waals surface area contributed by atoms with Crippen molar-refractivity contribution >= 4 is 38.7 Å². The Kier molecular flexibility index (Phi) is 6.19. The first-order valence-electron chi connectivity index (χ1n) is 4.81. The molecular formula is C12H9BrN2O2S. The molecule has 0 bridgehead atoms. The number of aliphatic imine (C=N–C) groups is 1. The Balaban J connectivity index is 2.63. The summed E-state index contributed by atoms with van der Waals surface area (Å²) in [5.74, 6) is -0.181. The van der Waals surface area contributed by atoms with E-state index in [4.69, 9.17) is 10.00 Å². The van der Waals surface area contributed by atoms with E-state index in [1.165, 1.54) is 24.1 Å². The van der Waals surface area contributed by atoms with Crippen LogP contribution >= 0.6 is 27.7 Å². The molecule has 92 valence electrons. The second-order valence-electron chi connectivity index (χ2n) is 2.97. The monoisotopic (exact) mass is 324 g/mol. The average Bonchev–Trinajstić information content (AvgIpc) is 2.38. The van der Waals surface area contributed by atoms with Gasteiger partial charge in [-0.25, -0.2) is 0 Å². The molecule has 0 atom stereocenters. The Labute approximate surface area is 117 Å². The van der Waals surface area contributed by atoms with Gasteiger partial charge in [-0.1, -0.05) is 27.7 Å². The van der Waals surface area contributed by atoms with Gasteiger partial charge in [0.1, 0.15) is 0 Å². The van der Waals surface area contributed by atoms with Crippen LogP contribution in [0.2, 0.25) is 0 Å². The maximum Gasteiger partial charge on any atom is 0.265 e. The molecule has 0 amide bonds. The minimum Gasteiger partial charge on any atom is -0.441 e. The first-order chi connectivity index (χ1) is 8.67. The Bertz CT molecular complexity index is 518. The number of allylic oxidation sites excluding steroid dienone is 1. The quantitative estimate of drug-likeness (QED) is 0.213. The molecule has 1 rings (SSSR count). The van der Waals surface area contributed by atoms with Gasteiger partial charge < -0.3 is 4.74 Å². The molecule has 0 aliphatic rings. The molecule has 0 aliphatic heterocycles. The highest BCUT2D eigenvalue weighted by Crippen LogP contribution is 2.11. The highest BCUT2D eigenvalue weighted by atomic mass is 79.9. The number of nitrogens with zero attached hydrogens (tertiary/aromatic N) is 2. The predicted octanol–water partition coefficient (Wildman–Crippen LogP) is 3.36. The van der Waals surface area contributed by atoms with Crippen molar-refractivity contribution in [2.45, 2.75) is 0 Å². The summed E-state index contributed by atoms with van der Waals surface area (Å²) in [6.45, 7) is 0. The van der Waals surface area contributed by atoms with Crippen LogP contribution in [0.3, 0.4) is 0 Å². The summed E-state index contributed by atoms with van der Waals surface area (Å²) in [6.07, 6.45) is 5.84. The summed E-state index contributed by atoms with van der Waals surface area (Å²) in [6, 6.07) is 6.98. The number of halogens is 1. The molecule has 0 radical (unpaired) electrons. The fourth-order valence-electron chi connectivity index (χ4n) is 1.03. The van der Waals surface area contributed by atoms with Gasteiger partial charge in [-0.2, -0.15) is 5.26 Å². The van der Waals surface area contributed by atoms with E-state index in [2.05, 4.69) is 20.9 Å². The van der Waals surface area contributed by atoms with Gasteiger partial charge in [-0.15, -0.1) is 4.99 Å². The number of hydrogen-bond acceptors (Lipinski definition) is 5. The molecule has 4 nitrogen and oxygen atoms in total. The van der Waals surface area contributed by atoms with Crippen LogP contribution in [0.5, 0.6) is 0 Å². The Morgan fingerprint density at radius 3 is 2.72 bits per heavy atom. The smallest absolute Gasteiger partial charge is 0.265 e. The van der Waals surface area contributed by atoms with E-state index in [9.17, 15) is 4.79 Å². The molecule has 0 unspecified atom stereocenters. The third-order valence-electron chi connectivity index (χ3n) is 1.83. The molecule has 0 N–H and O–H groups in total. The molecule has 0 saturated heterocycles. The van der Waals surface area contributed by atoms with Gasteiger partial charge in [-0.3, -0.25) is 4.79 Å². The standard InChI is InChI=1S/C12H9BrN2O2S/c1-18-12(15-8-14)17-7-6-11(16)9-2-4-10(13)5-3-9/h2-7H,1H3. The topological polar surface area (TPSA) is 62.4 Å². The number of ether oxygens (including phenoxy) is 1. The van der Waals surface area contributed by atoms with Gasteiger partial charge in [0.25, 0.3) is 5.23 Å². The number of hydrogen-bond donors (Lipinski definition) is 0. The van der Waals surface area contributed by atoms with E-state index in [1.54, 1.807) is 36.7 Å². The molecule has 0 saturated carbocycles. The molecule has 0 aromatic heterocycles. The molecule has 0 heterocycles. The van der Waals surface area contributed by atoms with E-state index in [0.29, 0.717) is 5.56 Å². The average molecular weight is 325 g/mol. The molecule has 0 aliphatic carbocycles. The van der Waals surface area contributed by atoms with Crippen molar-refractivity contribution in [3.8, 4) is 6.19 Å². The van der Waals surface area contributed by atoms with Crippen LogP contribution in [-0.2, 0) is 4.74 Å². The van der Waals surface area contributed by atoms with Crippen molar-refractivity contribution in [2.75, 3.05) is 6.26 Å². The van der Waals surface area contributed by atoms with Crippen molar-refractivity contribution < 1.29 is 9.53 Å². The van der Waals surface area contributed by atoms with Crippen LogP contribution in [0, 0.1) is 11.5 Å². The Morgan fingerprint density at radius 2 is 2.17 bits per heavy atom. The van der Waals surface area contributed by atoms with Gasteiger partial charge in [0, 0.05) is 16.1 Å². The number of carbonyl (C=O) groups is 1. The highest BCUT2D eigenvalue weighted by molar-refractivity contribution is 9.10. The van der Waals surface area contributed by atoms with E-state index in [0.717, 1.165) is 4.47 Å². The third kappa shape index (κ3) is 4.73. The van der Waals surface area contributed by atoms with Crippen molar-refractivity contribution in [1.82, 2.24) is 0 Å². The maximum atomic E-state index is 11.7. The van der Waals surface area contributed by atoms with Crippen LogP contribution in [-0.4, -0.2) is 17.3 Å². The van der Waals surface area contributed by atoms with Gasteiger partial charge in [-0.05, 0) is 30.5 Å². The van der Waals surface area contributed by atoms with E-state index in [-0.39, 0.29) is 11.0 Å². The second kappa shape index (κ2) is 7.69. The van der Waals surface area contributed by atoms with Crippen molar-refractivity contribution in [3.05, 3.63) is 46.6 Å². The highest BCUT2D eigenvalue weighted by Gasteiger charge is 2.01. The SMILES string of the molecule is CSC(=NC#N)OC=CC(=O)c1ccc(Br)cc1. The zero-order valence-corrected chi connectivity index (χ0v) is 11.9. The molecule has 1 aromatic rings. The first-order valence-corrected chi connectivity index (χ1v) is 6.83. The van der Waals surface area contributed by atoms with Crippen LogP contribution in [0.15, 0.2) is 46.1 Å². The summed E-state index contributed by atoms with van der Waals surface area (Å²) >= 11 is 4.47. The van der Waals surface area contributed by atoms with Gasteiger partial charge in [0.05, 0.1) is 6.26 Å². The maximum absolute atomic E-state index is 11.7. The molecule has 1 aromatic carbocycles. The predicted molar refractivity (Wildman–Crippen MR) is 75.3 cm³/mol. The van der Waals surface area contributed by atoms with Crippen LogP contribution < -0.4 is 0 Å². The minimum atomic E-state index is -0.181. The van der Waals surface area contributed by atoms with Crippen LogP contribution in [0.4, 0.5) is 0 Å². The molecular weight excluding hydrogens is 316 g/mol. The molecule has 18 heavy (non-hydrogen) atoms. The normalized spacial score (nSPS) is 11.3. The van der Waals surface area contributed by atoms with Gasteiger partial charge in [0.15, 0.2) is 5.78 Å². The summed E-state index contributed by atoms with van der Waals surface area (Å²) in [7, 11) is 0. The summed E-state index contributed by atoms with van der Waals surface area (Å²) in [4.78, 5) is 15.1. The lowest BCUT2D eigenvalue weighted by atomic mass is 10.1. The Hall–Kier alpha value is -1.58. The molecule has 0 spiro atoms. The van der Waals surface area contributed by atoms with Crippen molar-refractivity contribution in [3.63, 3.8) is 0 Å². The fourth-order valence-corrected chi connectivity index (χ4v) is 1.57. The lowest BCUT2D eigenvalue weighted by Gasteiger charge is -1.98. The van der Waals surface area contributed by atoms with Gasteiger partial charge >= 0.3 is 0 Å². The fraction of sp³-hybridized carbons (Fsp3) is 0.0833. The number of thioether (sulfide) groups is 1. The van der Waals surface area contributed by atoms with E-state index >= 15 is 0 Å². The number of ketones is 1. The van der Waals surface area contributed by atoms with Crippen LogP contribution in [0.1, 0.15) is 10.4 Å². The number of carbonyl (C=O) groups excluding carboxylic acids is 1. The lowest BCUT2D eigenvalue weighted by molar-refractivity contribution is 0.104. The minimum absolute atomic E-state index is 0.181. The second-order valence-corrected chi connectivity index (χ2v) is 4.65. The number of benzene rings is 1. The zero-order chi connectivity index (χ0) is 13.4. The first kappa shape index (κ1) is 14.5. The number of nitriles is 1. The summed E-state index contributed by atoms with van der Waals surface area (Å²) in [5, 5.41) is 8.55. The van der Waals surface area contributed by atoms with E-state index in [1.807, 2.05) is 0 Å². The van der Waals surface area contributed by atoms with Crippen molar-refractivity contribution in [2.24, 2.45) is 4.99 Å². The molecule has 6 heteroatoms. The third-order valence-corrected chi connectivity index (χ3v) is 2.90. The van der Waals surface area contributed by atoms with Gasteiger partial charge in [0.2, 0.25) is 6.19 Å². The lowest BCUT2D eigenvalue weighted by Crippen LogP contribution is -1.96. The van der Waals surface area contributed by atoms with E-state index < -0.39 is 0 Å². The molecule has 0 fully saturated rings. The number of rotatable bonds is 3. The Morgan fingerprint density at radius 1 is 1.50 bits per heavy atom. The zero-order valence-electron chi connectivity index (χ0n) is 9.46. The van der Waals surface area contributed by atoms with Crippen molar-refractivity contribution in [1.29, 1.82) is 5.26 Å². The summed E-state index contributed by atoms with van der Waals surface area (Å²) < 4.78 is 5.93. The summed E-state index contributed by atoms with van der Waals surface area (Å²) in [5.41, 5.74) is 0.556. The largest absolute Gasteiger partial charge is 0.441 e.